The normalized spacial score (nSPS) is 25.8. The van der Waals surface area contributed by atoms with E-state index in [2.05, 4.69) is 0 Å². The predicted molar refractivity (Wildman–Crippen MR) is 52.3 cm³/mol. The first-order valence-electron chi connectivity index (χ1n) is 4.66. The highest BCUT2D eigenvalue weighted by Crippen LogP contribution is 2.01. The lowest BCUT2D eigenvalue weighted by Gasteiger charge is -2.16. The number of nitrogens with two attached hydrogens (primary N) is 1. The van der Waals surface area contributed by atoms with Gasteiger partial charge in [0.15, 0.2) is 0 Å². The van der Waals surface area contributed by atoms with Crippen LogP contribution in [-0.4, -0.2) is 25.9 Å². The molecule has 0 saturated carbocycles. The molecule has 3 heteroatoms. The fraction of sp³-hybridized carbons (Fsp3) is 0.600. The topological polar surface area (TPSA) is 44.5 Å². The number of hydrogen-bond donors (Lipinski definition) is 1. The maximum Gasteiger partial charge on any atom is 0.106 e. The number of ether oxygens (including phenoxy) is 2. The lowest BCUT2D eigenvalue weighted by molar-refractivity contribution is 0.0822. The zero-order valence-corrected chi connectivity index (χ0v) is 7.82. The Morgan fingerprint density at radius 2 is 2.23 bits per heavy atom. The van der Waals surface area contributed by atoms with Gasteiger partial charge in [0.05, 0.1) is 12.9 Å². The molecule has 1 atom stereocenters. The molecule has 0 aromatic carbocycles. The van der Waals surface area contributed by atoms with Gasteiger partial charge in [-0.3, -0.25) is 0 Å². The molecule has 0 aromatic heterocycles. The molecule has 2 N–H and O–H groups in total. The quantitative estimate of drug-likeness (QED) is 0.614. The summed E-state index contributed by atoms with van der Waals surface area (Å²) in [6.07, 6.45) is 9.74. The summed E-state index contributed by atoms with van der Waals surface area (Å²) in [7, 11) is 0. The van der Waals surface area contributed by atoms with Crippen molar-refractivity contribution in [1.82, 2.24) is 0 Å². The van der Waals surface area contributed by atoms with Gasteiger partial charge in [-0.15, -0.1) is 0 Å². The molecule has 3 nitrogen and oxygen atoms in total. The first-order chi connectivity index (χ1) is 6.39. The van der Waals surface area contributed by atoms with Crippen LogP contribution in [0.2, 0.25) is 0 Å². The molecule has 1 unspecified atom stereocenters. The molecule has 2 rings (SSSR count). The van der Waals surface area contributed by atoms with E-state index in [4.69, 9.17) is 15.2 Å². The molecule has 0 bridgehead atoms. The van der Waals surface area contributed by atoms with Crippen LogP contribution in [0.5, 0.6) is 0 Å². The smallest absolute Gasteiger partial charge is 0.106 e. The van der Waals surface area contributed by atoms with Gasteiger partial charge in [0.25, 0.3) is 0 Å². The van der Waals surface area contributed by atoms with E-state index < -0.39 is 0 Å². The maximum absolute atomic E-state index is 5.51. The summed E-state index contributed by atoms with van der Waals surface area (Å²) in [4.78, 5) is 0. The van der Waals surface area contributed by atoms with E-state index >= 15 is 0 Å². The minimum atomic E-state index is 0.314. The molecule has 2 aliphatic heterocycles. The average molecular weight is 183 g/mol. The van der Waals surface area contributed by atoms with Crippen molar-refractivity contribution in [1.29, 1.82) is 0 Å². The summed E-state index contributed by atoms with van der Waals surface area (Å²) >= 11 is 0. The van der Waals surface area contributed by atoms with Crippen LogP contribution in [0, 0.1) is 0 Å². The molecular formula is C10H17NO2. The van der Waals surface area contributed by atoms with Crippen molar-refractivity contribution in [2.24, 2.45) is 5.73 Å². The summed E-state index contributed by atoms with van der Waals surface area (Å²) in [5.74, 6) is 0. The Balaban J connectivity index is 0.000000132. The van der Waals surface area contributed by atoms with Gasteiger partial charge < -0.3 is 15.2 Å². The third-order valence-electron chi connectivity index (χ3n) is 1.81. The van der Waals surface area contributed by atoms with Gasteiger partial charge in [0.2, 0.25) is 0 Å². The Kier molecular flexibility index (Phi) is 5.29. The van der Waals surface area contributed by atoms with Crippen molar-refractivity contribution in [2.75, 3.05) is 19.8 Å². The summed E-state index contributed by atoms with van der Waals surface area (Å²) < 4.78 is 9.86. The Morgan fingerprint density at radius 3 is 2.46 bits per heavy atom. The number of hydrogen-bond acceptors (Lipinski definition) is 3. The molecule has 1 saturated heterocycles. The second-order valence-corrected chi connectivity index (χ2v) is 3.07. The average Bonchev–Trinajstić information content (AvgIpc) is 2.22. The van der Waals surface area contributed by atoms with Gasteiger partial charge in [0, 0.05) is 12.6 Å². The SMILES string of the molecule is C1=CCOC=C1.NC1CCCOC1. The summed E-state index contributed by atoms with van der Waals surface area (Å²) in [6, 6.07) is 0.314. The first-order valence-corrected chi connectivity index (χ1v) is 4.66. The molecule has 2 heterocycles. The van der Waals surface area contributed by atoms with Crippen LogP contribution >= 0.6 is 0 Å². The van der Waals surface area contributed by atoms with Gasteiger partial charge >= 0.3 is 0 Å². The van der Waals surface area contributed by atoms with Crippen molar-refractivity contribution in [3.05, 3.63) is 24.5 Å². The minimum absolute atomic E-state index is 0.314. The van der Waals surface area contributed by atoms with Crippen molar-refractivity contribution >= 4 is 0 Å². The van der Waals surface area contributed by atoms with Crippen molar-refractivity contribution in [2.45, 2.75) is 18.9 Å². The van der Waals surface area contributed by atoms with Gasteiger partial charge in [0.1, 0.15) is 6.61 Å². The summed E-state index contributed by atoms with van der Waals surface area (Å²) in [5.41, 5.74) is 5.51. The van der Waals surface area contributed by atoms with E-state index in [1.807, 2.05) is 18.2 Å². The van der Waals surface area contributed by atoms with E-state index in [0.29, 0.717) is 6.04 Å². The Morgan fingerprint density at radius 1 is 1.31 bits per heavy atom. The van der Waals surface area contributed by atoms with Crippen LogP contribution in [0.25, 0.3) is 0 Å². The molecule has 0 amide bonds. The minimum Gasteiger partial charge on any atom is -0.497 e. The highest BCUT2D eigenvalue weighted by Gasteiger charge is 2.06. The molecule has 0 aliphatic carbocycles. The van der Waals surface area contributed by atoms with Crippen LogP contribution in [0.3, 0.4) is 0 Å². The lowest BCUT2D eigenvalue weighted by Crippen LogP contribution is -2.30. The number of allylic oxidation sites excluding steroid dienone is 2. The fourth-order valence-electron chi connectivity index (χ4n) is 1.11. The van der Waals surface area contributed by atoms with E-state index in [1.165, 1.54) is 0 Å². The molecule has 1 fully saturated rings. The Hall–Kier alpha value is -0.800. The second-order valence-electron chi connectivity index (χ2n) is 3.07. The predicted octanol–water partition coefficient (Wildman–Crippen LogP) is 1.21. The van der Waals surface area contributed by atoms with Gasteiger partial charge in [-0.05, 0) is 25.0 Å². The number of rotatable bonds is 0. The monoisotopic (exact) mass is 183 g/mol. The maximum atomic E-state index is 5.51. The van der Waals surface area contributed by atoms with E-state index in [1.54, 1.807) is 6.26 Å². The summed E-state index contributed by atoms with van der Waals surface area (Å²) in [5, 5.41) is 0. The van der Waals surface area contributed by atoms with Crippen molar-refractivity contribution < 1.29 is 9.47 Å². The lowest BCUT2D eigenvalue weighted by atomic mass is 10.1. The van der Waals surface area contributed by atoms with E-state index in [-0.39, 0.29) is 0 Å². The molecular weight excluding hydrogens is 166 g/mol. The highest BCUT2D eigenvalue weighted by atomic mass is 16.5. The van der Waals surface area contributed by atoms with E-state index in [0.717, 1.165) is 32.7 Å². The standard InChI is InChI=1S/C5H11NO.C5H6O/c6-5-2-1-3-7-4-5;1-2-4-6-5-3-1/h5H,1-4,6H2;1-4H,5H2. The second kappa shape index (κ2) is 6.69. The molecule has 2 aliphatic rings. The highest BCUT2D eigenvalue weighted by molar-refractivity contribution is 5.02. The Bertz CT molecular complexity index is 160. The van der Waals surface area contributed by atoms with Crippen LogP contribution in [0.4, 0.5) is 0 Å². The van der Waals surface area contributed by atoms with Crippen LogP contribution in [0.15, 0.2) is 24.5 Å². The van der Waals surface area contributed by atoms with Gasteiger partial charge in [-0.1, -0.05) is 6.08 Å². The molecule has 74 valence electrons. The molecule has 0 aromatic rings. The van der Waals surface area contributed by atoms with Crippen LogP contribution in [-0.2, 0) is 9.47 Å². The van der Waals surface area contributed by atoms with Crippen LogP contribution in [0.1, 0.15) is 12.8 Å². The van der Waals surface area contributed by atoms with Crippen LogP contribution < -0.4 is 5.73 Å². The third kappa shape index (κ3) is 5.44. The fourth-order valence-corrected chi connectivity index (χ4v) is 1.11. The molecule has 13 heavy (non-hydrogen) atoms. The van der Waals surface area contributed by atoms with Crippen molar-refractivity contribution in [3.63, 3.8) is 0 Å². The van der Waals surface area contributed by atoms with E-state index in [9.17, 15) is 0 Å². The largest absolute Gasteiger partial charge is 0.497 e. The Labute approximate surface area is 79.2 Å². The van der Waals surface area contributed by atoms with Gasteiger partial charge in [-0.2, -0.15) is 0 Å². The molecule has 0 radical (unpaired) electrons. The third-order valence-corrected chi connectivity index (χ3v) is 1.81. The zero-order valence-electron chi connectivity index (χ0n) is 7.82. The summed E-state index contributed by atoms with van der Waals surface area (Å²) in [6.45, 7) is 2.41. The van der Waals surface area contributed by atoms with Crippen molar-refractivity contribution in [3.8, 4) is 0 Å². The first kappa shape index (κ1) is 10.3. The van der Waals surface area contributed by atoms with Gasteiger partial charge in [-0.25, -0.2) is 0 Å². The molecule has 0 spiro atoms. The zero-order chi connectivity index (χ0) is 9.36.